The van der Waals surface area contributed by atoms with Gasteiger partial charge in [-0.3, -0.25) is 4.79 Å². The summed E-state index contributed by atoms with van der Waals surface area (Å²) >= 11 is 0. The van der Waals surface area contributed by atoms with Crippen molar-refractivity contribution in [2.75, 3.05) is 6.61 Å². The van der Waals surface area contributed by atoms with Gasteiger partial charge in [-0.05, 0) is 91.3 Å². The third-order valence-corrected chi connectivity index (χ3v) is 12.9. The number of hydrogen-bond acceptors (Lipinski definition) is 4. The zero-order valence-electron chi connectivity index (χ0n) is 22.7. The number of rotatable bonds is 2. The molecule has 4 N–H and O–H groups in total. The van der Waals surface area contributed by atoms with E-state index in [4.69, 9.17) is 0 Å². The summed E-state index contributed by atoms with van der Waals surface area (Å²) in [5.41, 5.74) is -1.17. The maximum absolute atomic E-state index is 13.5. The first-order valence-corrected chi connectivity index (χ1v) is 14.0. The van der Waals surface area contributed by atoms with Crippen molar-refractivity contribution in [2.45, 2.75) is 112 Å². The van der Waals surface area contributed by atoms with Crippen LogP contribution in [0.15, 0.2) is 11.6 Å². The molecule has 35 heavy (non-hydrogen) atoms. The SMILES string of the molecule is CC1(C)CC[C@]2(C)CC[C@]3(C(=O)O)C(=CC[C@@H]4[C@@]5(C)CC[C@H](O)[C@](C)(CO)[C@@H]5[C@H](O)C[C@]43C)[C@@H]2C1. The van der Waals surface area contributed by atoms with Crippen molar-refractivity contribution in [3.8, 4) is 0 Å². The van der Waals surface area contributed by atoms with E-state index < -0.39 is 34.4 Å². The normalized spacial score (nSPS) is 55.0. The number of aliphatic hydroxyl groups is 3. The van der Waals surface area contributed by atoms with Crippen molar-refractivity contribution < 1.29 is 25.2 Å². The fourth-order valence-electron chi connectivity index (χ4n) is 10.8. The van der Waals surface area contributed by atoms with Crippen molar-refractivity contribution in [3.05, 3.63) is 11.6 Å². The monoisotopic (exact) mass is 488 g/mol. The second-order valence-corrected chi connectivity index (χ2v) is 15.1. The molecule has 0 unspecified atom stereocenters. The molecule has 198 valence electrons. The lowest BCUT2D eigenvalue weighted by molar-refractivity contribution is -0.254. The Balaban J connectivity index is 1.67. The molecule has 5 aliphatic rings. The smallest absolute Gasteiger partial charge is 0.314 e. The summed E-state index contributed by atoms with van der Waals surface area (Å²) in [5.74, 6) is -0.614. The molecular formula is C30H48O5. The Morgan fingerprint density at radius 1 is 0.971 bits per heavy atom. The molecule has 10 atom stereocenters. The second-order valence-electron chi connectivity index (χ2n) is 15.1. The topological polar surface area (TPSA) is 98.0 Å². The van der Waals surface area contributed by atoms with Crippen LogP contribution in [0.1, 0.15) is 99.3 Å². The first-order valence-electron chi connectivity index (χ1n) is 14.0. The highest BCUT2D eigenvalue weighted by atomic mass is 16.4. The van der Waals surface area contributed by atoms with Crippen molar-refractivity contribution in [3.63, 3.8) is 0 Å². The summed E-state index contributed by atoms with van der Waals surface area (Å²) in [7, 11) is 0. The minimum Gasteiger partial charge on any atom is -0.481 e. The lowest BCUT2D eigenvalue weighted by Crippen LogP contribution is -2.70. The largest absolute Gasteiger partial charge is 0.481 e. The molecule has 0 aliphatic heterocycles. The zero-order chi connectivity index (χ0) is 25.8. The first-order chi connectivity index (χ1) is 16.1. The van der Waals surface area contributed by atoms with Gasteiger partial charge >= 0.3 is 5.97 Å². The predicted molar refractivity (Wildman–Crippen MR) is 135 cm³/mol. The van der Waals surface area contributed by atoms with Crippen LogP contribution in [0.3, 0.4) is 0 Å². The molecule has 0 aromatic carbocycles. The number of aliphatic carboxylic acids is 1. The number of allylic oxidation sites excluding steroid dienone is 1. The van der Waals surface area contributed by atoms with Crippen LogP contribution >= 0.6 is 0 Å². The van der Waals surface area contributed by atoms with Gasteiger partial charge in [-0.15, -0.1) is 0 Å². The van der Waals surface area contributed by atoms with Crippen molar-refractivity contribution in [2.24, 2.45) is 50.2 Å². The van der Waals surface area contributed by atoms with Crippen LogP contribution in [0.25, 0.3) is 0 Å². The molecule has 0 spiro atoms. The van der Waals surface area contributed by atoms with Crippen LogP contribution < -0.4 is 0 Å². The summed E-state index contributed by atoms with van der Waals surface area (Å²) in [6.07, 6.45) is 8.40. The molecule has 4 saturated carbocycles. The molecule has 0 aromatic rings. The standard InChI is InChI=1S/C30H48O5/c1-25(2)11-12-26(3)13-14-30(24(34)35)18(19(26)15-25)7-8-21-27(4)10-9-22(33)28(5,17-31)23(27)20(32)16-29(21,30)6/h7,19-23,31-33H,8-17H2,1-6H3,(H,34,35)/t19-,20+,21+,22-,23+,26+,27+,28-,29+,30+/m0/s1. The van der Waals surface area contributed by atoms with Gasteiger partial charge in [0.2, 0.25) is 0 Å². The number of hydrogen-bond donors (Lipinski definition) is 4. The van der Waals surface area contributed by atoms with Crippen molar-refractivity contribution in [1.82, 2.24) is 0 Å². The van der Waals surface area contributed by atoms with Gasteiger partial charge in [-0.2, -0.15) is 0 Å². The molecule has 5 aliphatic carbocycles. The molecule has 5 heteroatoms. The van der Waals surface area contributed by atoms with E-state index in [1.54, 1.807) is 0 Å². The average Bonchev–Trinajstić information content (AvgIpc) is 2.76. The van der Waals surface area contributed by atoms with E-state index in [9.17, 15) is 25.2 Å². The van der Waals surface area contributed by atoms with Crippen LogP contribution in [0, 0.1) is 50.2 Å². The molecule has 5 nitrogen and oxygen atoms in total. The third kappa shape index (κ3) is 3.07. The number of carboxylic acids is 1. The molecule has 0 aromatic heterocycles. The molecular weight excluding hydrogens is 440 g/mol. The summed E-state index contributed by atoms with van der Waals surface area (Å²) in [5, 5.41) is 44.2. The summed E-state index contributed by atoms with van der Waals surface area (Å²) in [4.78, 5) is 13.5. The summed E-state index contributed by atoms with van der Waals surface area (Å²) in [6.45, 7) is 13.2. The number of aliphatic hydroxyl groups excluding tert-OH is 3. The van der Waals surface area contributed by atoms with Crippen LogP contribution in [0.4, 0.5) is 0 Å². The van der Waals surface area contributed by atoms with Gasteiger partial charge in [0.15, 0.2) is 0 Å². The predicted octanol–water partition coefficient (Wildman–Crippen LogP) is 5.18. The number of carbonyl (C=O) groups is 1. The first kappa shape index (κ1) is 25.7. The Morgan fingerprint density at radius 2 is 1.63 bits per heavy atom. The van der Waals surface area contributed by atoms with Gasteiger partial charge in [0.25, 0.3) is 0 Å². The molecule has 0 heterocycles. The van der Waals surface area contributed by atoms with Gasteiger partial charge < -0.3 is 20.4 Å². The Hall–Kier alpha value is -0.910. The molecule has 4 fully saturated rings. The highest BCUT2D eigenvalue weighted by Crippen LogP contribution is 2.75. The Bertz CT molecular complexity index is 941. The quantitative estimate of drug-likeness (QED) is 0.402. The van der Waals surface area contributed by atoms with Crippen LogP contribution in [0.5, 0.6) is 0 Å². The Labute approximate surface area is 211 Å². The maximum Gasteiger partial charge on any atom is 0.314 e. The van der Waals surface area contributed by atoms with E-state index in [1.165, 1.54) is 6.42 Å². The van der Waals surface area contributed by atoms with Gasteiger partial charge in [0, 0.05) is 11.3 Å². The minimum atomic E-state index is -0.964. The molecule has 0 bridgehead atoms. The molecule has 0 saturated heterocycles. The molecule has 0 amide bonds. The maximum atomic E-state index is 13.5. The number of carboxylic acid groups (broad SMARTS) is 1. The molecule has 5 rings (SSSR count). The lowest BCUT2D eigenvalue weighted by atomic mass is 9.32. The van der Waals surface area contributed by atoms with Crippen molar-refractivity contribution in [1.29, 1.82) is 0 Å². The van der Waals surface area contributed by atoms with Crippen molar-refractivity contribution >= 4 is 5.97 Å². The average molecular weight is 489 g/mol. The van der Waals surface area contributed by atoms with Crippen LogP contribution in [-0.4, -0.2) is 45.2 Å². The fourth-order valence-corrected chi connectivity index (χ4v) is 10.8. The van der Waals surface area contributed by atoms with Gasteiger partial charge in [0.05, 0.1) is 24.2 Å². The third-order valence-electron chi connectivity index (χ3n) is 12.9. The zero-order valence-corrected chi connectivity index (χ0v) is 22.7. The van der Waals surface area contributed by atoms with E-state index in [0.717, 1.165) is 37.7 Å². The van der Waals surface area contributed by atoms with Crippen LogP contribution in [0.2, 0.25) is 0 Å². The Kier molecular flexibility index (Phi) is 5.56. The van der Waals surface area contributed by atoms with E-state index in [-0.39, 0.29) is 40.6 Å². The second kappa shape index (κ2) is 7.57. The highest BCUT2D eigenvalue weighted by molar-refractivity contribution is 5.81. The lowest BCUT2D eigenvalue weighted by Gasteiger charge is -2.71. The minimum absolute atomic E-state index is 0.0857. The van der Waals surface area contributed by atoms with E-state index in [0.29, 0.717) is 19.3 Å². The van der Waals surface area contributed by atoms with E-state index in [1.807, 2.05) is 6.92 Å². The fraction of sp³-hybridized carbons (Fsp3) is 0.900. The van der Waals surface area contributed by atoms with E-state index in [2.05, 4.69) is 40.7 Å². The van der Waals surface area contributed by atoms with Gasteiger partial charge in [0.1, 0.15) is 0 Å². The van der Waals surface area contributed by atoms with Crippen LogP contribution in [-0.2, 0) is 4.79 Å². The highest BCUT2D eigenvalue weighted by Gasteiger charge is 2.73. The molecule has 0 radical (unpaired) electrons. The van der Waals surface area contributed by atoms with E-state index >= 15 is 0 Å². The van der Waals surface area contributed by atoms with Gasteiger partial charge in [-0.25, -0.2) is 0 Å². The summed E-state index contributed by atoms with van der Waals surface area (Å²) in [6, 6.07) is 0. The number of fused-ring (bicyclic) bond motifs is 7. The van der Waals surface area contributed by atoms with Gasteiger partial charge in [-0.1, -0.05) is 53.2 Å². The Morgan fingerprint density at radius 3 is 2.26 bits per heavy atom. The summed E-state index contributed by atoms with van der Waals surface area (Å²) < 4.78 is 0.